The predicted molar refractivity (Wildman–Crippen MR) is 36.5 cm³/mol. The molecule has 0 fully saturated rings. The van der Waals surface area contributed by atoms with Gasteiger partial charge >= 0.3 is 76.9 Å². The van der Waals surface area contributed by atoms with Gasteiger partial charge in [0.1, 0.15) is 0 Å². The molecule has 0 aromatic heterocycles. The van der Waals surface area contributed by atoms with E-state index in [1.807, 2.05) is 0 Å². The standard InChI is InChI=1S/BH3.Ba.Li.H2O3Si.3H/c;;;1-4(2)3;;;/h1H3;;;1-2H;;;. The van der Waals surface area contributed by atoms with Crippen molar-refractivity contribution in [1.29, 1.82) is 0 Å². The van der Waals surface area contributed by atoms with Crippen molar-refractivity contribution in [2.24, 2.45) is 0 Å². The van der Waals surface area contributed by atoms with Crippen molar-refractivity contribution < 1.29 is 14.1 Å². The number of hydrogen-bond acceptors (Lipinski definition) is 1. The van der Waals surface area contributed by atoms with E-state index in [4.69, 9.17) is 14.1 Å². The molecule has 0 saturated carbocycles. The van der Waals surface area contributed by atoms with Gasteiger partial charge < -0.3 is 9.59 Å². The van der Waals surface area contributed by atoms with E-state index in [9.17, 15) is 0 Å². The van der Waals surface area contributed by atoms with Gasteiger partial charge in [-0.1, -0.05) is 0 Å². The molecule has 0 amide bonds. The van der Waals surface area contributed by atoms with Gasteiger partial charge in [0.25, 0.3) is 0 Å². The van der Waals surface area contributed by atoms with Crippen molar-refractivity contribution in [3.63, 3.8) is 0 Å². The Hall–Kier alpha value is 1.85. The van der Waals surface area contributed by atoms with E-state index in [-0.39, 0.29) is 76.2 Å². The first-order chi connectivity index (χ1) is 1.73. The van der Waals surface area contributed by atoms with Crippen molar-refractivity contribution in [2.75, 3.05) is 0 Å². The Kier molecular flexibility index (Phi) is 51.9. The minimum absolute atomic E-state index is 0. The average molecular weight is 239 g/mol. The summed E-state index contributed by atoms with van der Waals surface area (Å²) in [6, 6.07) is 0. The summed E-state index contributed by atoms with van der Waals surface area (Å²) in [4.78, 5) is 14.3. The molecule has 0 rings (SSSR count). The molecule has 0 aliphatic rings. The van der Waals surface area contributed by atoms with Gasteiger partial charge in [0.2, 0.25) is 0 Å². The third kappa shape index (κ3) is 78.5. The van der Waals surface area contributed by atoms with Gasteiger partial charge in [-0.25, -0.2) is 0 Å². The molecule has 2 N–H and O–H groups in total. The van der Waals surface area contributed by atoms with E-state index in [1.165, 1.54) is 0 Å². The van der Waals surface area contributed by atoms with E-state index in [0.29, 0.717) is 0 Å². The Morgan fingerprint density at radius 2 is 1.29 bits per heavy atom. The summed E-state index contributed by atoms with van der Waals surface area (Å²) in [6.07, 6.45) is 0. The molecule has 0 spiro atoms. The molecule has 0 bridgehead atoms. The van der Waals surface area contributed by atoms with E-state index >= 15 is 0 Å². The van der Waals surface area contributed by atoms with Crippen LogP contribution in [0.2, 0.25) is 0 Å². The van der Waals surface area contributed by atoms with Crippen LogP contribution < -0.4 is 0 Å². The SMILES string of the molecule is B.O=[Si](O)O.[BaH2].[LiH]. The quantitative estimate of drug-likeness (QED) is 0.420. The minimum atomic E-state index is -3.13. The average Bonchev–Trinajstić information content (AvgIpc) is 0.811. The molecule has 0 radical (unpaired) electrons. The zero-order valence-electron chi connectivity index (χ0n) is 1.80. The Labute approximate surface area is 97.6 Å². The summed E-state index contributed by atoms with van der Waals surface area (Å²) in [7, 11) is -3.13. The Bertz CT molecular complexity index is 37.9. The summed E-state index contributed by atoms with van der Waals surface area (Å²) >= 11 is 0. The fourth-order valence-electron chi connectivity index (χ4n) is 0. The second-order valence-corrected chi connectivity index (χ2v) is 0.848. The Balaban J connectivity index is -0.0000000150. The fraction of sp³-hybridized carbons (Fsp3) is 0. The first-order valence-corrected chi connectivity index (χ1v) is 1.95. The molecular formula is H8BBaLiO3Si. The van der Waals surface area contributed by atoms with Crippen LogP contribution in [0, 0.1) is 0 Å². The molecule has 0 unspecified atom stereocenters. The molecule has 0 aromatic carbocycles. The van der Waals surface area contributed by atoms with Gasteiger partial charge in [0.05, 0.1) is 8.41 Å². The van der Waals surface area contributed by atoms with Crippen LogP contribution in [0.15, 0.2) is 0 Å². The van der Waals surface area contributed by atoms with Crippen LogP contribution in [-0.2, 0) is 4.46 Å². The molecule has 0 aromatic rings. The van der Waals surface area contributed by atoms with E-state index in [0.717, 1.165) is 0 Å². The normalized spacial score (nSPS) is 3.43. The van der Waals surface area contributed by atoms with E-state index in [2.05, 4.69) is 0 Å². The molecule has 0 saturated heterocycles. The van der Waals surface area contributed by atoms with Crippen molar-refractivity contribution in [1.82, 2.24) is 0 Å². The summed E-state index contributed by atoms with van der Waals surface area (Å²) in [5.74, 6) is 0. The van der Waals surface area contributed by atoms with Crippen LogP contribution in [0.5, 0.6) is 0 Å². The fourth-order valence-corrected chi connectivity index (χ4v) is 0. The van der Waals surface area contributed by atoms with E-state index in [1.54, 1.807) is 0 Å². The van der Waals surface area contributed by atoms with Crippen LogP contribution in [-0.4, -0.2) is 94.9 Å². The summed E-state index contributed by atoms with van der Waals surface area (Å²) in [6.45, 7) is 0. The van der Waals surface area contributed by atoms with E-state index < -0.39 is 9.17 Å². The predicted octanol–water partition coefficient (Wildman–Crippen LogP) is -4.36. The van der Waals surface area contributed by atoms with Gasteiger partial charge in [-0.05, 0) is 0 Å². The van der Waals surface area contributed by atoms with Crippen LogP contribution in [0.25, 0.3) is 0 Å². The molecule has 0 atom stereocenters. The van der Waals surface area contributed by atoms with Crippen molar-refractivity contribution in [2.45, 2.75) is 0 Å². The third-order valence-corrected chi connectivity index (χ3v) is 0. The Morgan fingerprint density at radius 1 is 1.29 bits per heavy atom. The van der Waals surface area contributed by atoms with Gasteiger partial charge in [-0.2, -0.15) is 0 Å². The zero-order chi connectivity index (χ0) is 3.58. The first kappa shape index (κ1) is 23.2. The summed E-state index contributed by atoms with van der Waals surface area (Å²) < 4.78 is 8.74. The maximum atomic E-state index is 8.74. The Morgan fingerprint density at radius 3 is 1.29 bits per heavy atom. The van der Waals surface area contributed by atoms with Crippen LogP contribution in [0.1, 0.15) is 0 Å². The van der Waals surface area contributed by atoms with Crippen molar-refractivity contribution in [3.8, 4) is 0 Å². The van der Waals surface area contributed by atoms with Crippen molar-refractivity contribution in [3.05, 3.63) is 0 Å². The van der Waals surface area contributed by atoms with Gasteiger partial charge in [-0.15, -0.1) is 0 Å². The molecule has 0 aliphatic heterocycles. The third-order valence-electron chi connectivity index (χ3n) is 0. The van der Waals surface area contributed by atoms with Gasteiger partial charge in [-0.3, -0.25) is 4.46 Å². The molecule has 7 heteroatoms. The molecule has 36 valence electrons. The maximum absolute atomic E-state index is 8.74. The first-order valence-electron chi connectivity index (χ1n) is 0.651. The van der Waals surface area contributed by atoms with Crippen LogP contribution in [0.3, 0.4) is 0 Å². The van der Waals surface area contributed by atoms with Gasteiger partial charge in [0.15, 0.2) is 0 Å². The summed E-state index contributed by atoms with van der Waals surface area (Å²) in [5, 5.41) is 0. The second kappa shape index (κ2) is 15.7. The van der Waals surface area contributed by atoms with Crippen LogP contribution >= 0.6 is 0 Å². The molecule has 0 aliphatic carbocycles. The molecule has 0 heterocycles. The van der Waals surface area contributed by atoms with Crippen molar-refractivity contribution >= 4 is 85.3 Å². The topological polar surface area (TPSA) is 57.5 Å². The number of hydrogen-bond donors (Lipinski definition) is 2. The zero-order valence-corrected chi connectivity index (χ0v) is 2.80. The van der Waals surface area contributed by atoms with Gasteiger partial charge in [0, 0.05) is 0 Å². The molecule has 3 nitrogen and oxygen atoms in total. The monoisotopic (exact) mass is 240 g/mol. The second-order valence-electron chi connectivity index (χ2n) is 0.283. The van der Waals surface area contributed by atoms with Crippen LogP contribution in [0.4, 0.5) is 0 Å². The summed E-state index contributed by atoms with van der Waals surface area (Å²) in [5.41, 5.74) is 0. The molecular weight excluding hydrogens is 231 g/mol. The number of rotatable bonds is 0. The molecule has 7 heavy (non-hydrogen) atoms.